The lowest BCUT2D eigenvalue weighted by atomic mass is 10.4. The summed E-state index contributed by atoms with van der Waals surface area (Å²) < 4.78 is 0. The number of amides is 2. The molecule has 0 rings (SSSR count). The van der Waals surface area contributed by atoms with Gasteiger partial charge in [0.2, 0.25) is 0 Å². The van der Waals surface area contributed by atoms with Gasteiger partial charge in [0, 0.05) is 13.6 Å². The van der Waals surface area contributed by atoms with E-state index in [1.54, 1.807) is 7.05 Å². The lowest BCUT2D eigenvalue weighted by Gasteiger charge is -2.19. The van der Waals surface area contributed by atoms with E-state index in [9.17, 15) is 4.79 Å². The first kappa shape index (κ1) is 10.2. The van der Waals surface area contributed by atoms with Crippen molar-refractivity contribution in [3.05, 3.63) is 0 Å². The summed E-state index contributed by atoms with van der Waals surface area (Å²) in [4.78, 5) is 12.3. The van der Waals surface area contributed by atoms with E-state index >= 15 is 0 Å². The van der Waals surface area contributed by atoms with Crippen molar-refractivity contribution in [1.82, 2.24) is 10.0 Å². The van der Waals surface area contributed by atoms with Crippen LogP contribution >= 0.6 is 0 Å². The minimum atomic E-state index is -0.418. The first-order valence-electron chi connectivity index (χ1n) is 3.34. The second-order valence-corrected chi connectivity index (χ2v) is 2.25. The smallest absolute Gasteiger partial charge is 0.330 e. The van der Waals surface area contributed by atoms with Crippen molar-refractivity contribution in [2.75, 3.05) is 20.1 Å². The second kappa shape index (κ2) is 4.89. The fourth-order valence-corrected chi connectivity index (χ4v) is 0.621. The Morgan fingerprint density at radius 2 is 2.00 bits per heavy atom. The van der Waals surface area contributed by atoms with Crippen LogP contribution in [0.5, 0.6) is 0 Å². The van der Waals surface area contributed by atoms with Gasteiger partial charge in [-0.3, -0.25) is 0 Å². The van der Waals surface area contributed by atoms with Crippen molar-refractivity contribution in [3.63, 3.8) is 0 Å². The molecule has 0 unspecified atom stereocenters. The number of carbonyl (C=O) groups is 1. The SMILES string of the molecule is CN(CCCN)C(=O)N(N)N. The van der Waals surface area contributed by atoms with Gasteiger partial charge in [0.15, 0.2) is 0 Å². The van der Waals surface area contributed by atoms with Crippen LogP contribution in [0.1, 0.15) is 6.42 Å². The van der Waals surface area contributed by atoms with Gasteiger partial charge in [0.25, 0.3) is 0 Å². The lowest BCUT2D eigenvalue weighted by molar-refractivity contribution is 0.164. The van der Waals surface area contributed by atoms with E-state index in [0.717, 1.165) is 6.42 Å². The third-order valence-electron chi connectivity index (χ3n) is 1.25. The molecule has 0 fully saturated rings. The van der Waals surface area contributed by atoms with E-state index in [1.807, 2.05) is 0 Å². The molecule has 0 aromatic carbocycles. The molecule has 6 N–H and O–H groups in total. The largest absolute Gasteiger partial charge is 0.348 e. The second-order valence-electron chi connectivity index (χ2n) is 2.25. The molecule has 0 saturated heterocycles. The summed E-state index contributed by atoms with van der Waals surface area (Å²) in [5.41, 5.74) is 5.24. The molecule has 0 aliphatic heterocycles. The van der Waals surface area contributed by atoms with Crippen molar-refractivity contribution >= 4 is 6.03 Å². The van der Waals surface area contributed by atoms with Gasteiger partial charge >= 0.3 is 6.03 Å². The molecule has 0 aromatic heterocycles. The van der Waals surface area contributed by atoms with Crippen molar-refractivity contribution in [2.24, 2.45) is 17.4 Å². The van der Waals surface area contributed by atoms with Gasteiger partial charge in [0.1, 0.15) is 0 Å². The van der Waals surface area contributed by atoms with E-state index < -0.39 is 6.03 Å². The molecule has 6 heteroatoms. The monoisotopic (exact) mass is 161 g/mol. The minimum Gasteiger partial charge on any atom is -0.330 e. The molecule has 0 spiro atoms. The maximum Gasteiger partial charge on any atom is 0.348 e. The van der Waals surface area contributed by atoms with Crippen LogP contribution in [-0.4, -0.2) is 36.2 Å². The van der Waals surface area contributed by atoms with Crippen LogP contribution in [0.25, 0.3) is 0 Å². The van der Waals surface area contributed by atoms with Gasteiger partial charge in [-0.15, -0.1) is 0 Å². The van der Waals surface area contributed by atoms with Gasteiger partial charge in [0.05, 0.1) is 0 Å². The Bertz CT molecular complexity index is 126. The molecule has 0 aromatic rings. The van der Waals surface area contributed by atoms with Crippen molar-refractivity contribution < 1.29 is 4.79 Å². The van der Waals surface area contributed by atoms with Gasteiger partial charge in [-0.2, -0.15) is 5.12 Å². The summed E-state index contributed by atoms with van der Waals surface area (Å²) in [5, 5.41) is 0.552. The molecule has 0 aliphatic carbocycles. The van der Waals surface area contributed by atoms with Crippen LogP contribution in [0.2, 0.25) is 0 Å². The molecule has 66 valence electrons. The molecule has 6 nitrogen and oxygen atoms in total. The Kier molecular flexibility index (Phi) is 4.51. The predicted octanol–water partition coefficient (Wildman–Crippen LogP) is -1.56. The number of carbonyl (C=O) groups excluding carboxylic acids is 1. The zero-order chi connectivity index (χ0) is 8.85. The lowest BCUT2D eigenvalue weighted by Crippen LogP contribution is -2.50. The average Bonchev–Trinajstić information content (AvgIpc) is 1.98. The summed E-state index contributed by atoms with van der Waals surface area (Å²) in [7, 11) is 1.62. The van der Waals surface area contributed by atoms with E-state index in [0.29, 0.717) is 18.2 Å². The van der Waals surface area contributed by atoms with Crippen LogP contribution < -0.4 is 17.4 Å². The molecule has 0 atom stereocenters. The van der Waals surface area contributed by atoms with Crippen LogP contribution in [-0.2, 0) is 0 Å². The topological polar surface area (TPSA) is 102 Å². The maximum absolute atomic E-state index is 10.9. The highest BCUT2D eigenvalue weighted by Gasteiger charge is 2.09. The number of rotatable bonds is 3. The highest BCUT2D eigenvalue weighted by molar-refractivity contribution is 5.72. The molecule has 11 heavy (non-hydrogen) atoms. The van der Waals surface area contributed by atoms with Crippen molar-refractivity contribution in [2.45, 2.75) is 6.42 Å². The minimum absolute atomic E-state index is 0.418. The van der Waals surface area contributed by atoms with Gasteiger partial charge in [-0.25, -0.2) is 16.5 Å². The van der Waals surface area contributed by atoms with Crippen molar-refractivity contribution in [1.29, 1.82) is 0 Å². The molecular weight excluding hydrogens is 146 g/mol. The summed E-state index contributed by atoms with van der Waals surface area (Å²) in [6.07, 6.45) is 0.746. The summed E-state index contributed by atoms with van der Waals surface area (Å²) >= 11 is 0. The Morgan fingerprint density at radius 1 is 1.45 bits per heavy atom. The summed E-state index contributed by atoms with van der Waals surface area (Å²) in [6.45, 7) is 1.12. The van der Waals surface area contributed by atoms with E-state index in [4.69, 9.17) is 17.4 Å². The number of hydrazine groups is 2. The number of nitrogens with two attached hydrogens (primary N) is 3. The van der Waals surface area contributed by atoms with E-state index in [2.05, 4.69) is 0 Å². The Morgan fingerprint density at radius 3 is 2.36 bits per heavy atom. The number of hydrogen-bond acceptors (Lipinski definition) is 4. The Labute approximate surface area is 65.8 Å². The fourth-order valence-electron chi connectivity index (χ4n) is 0.621. The molecule has 0 bridgehead atoms. The summed E-state index contributed by atoms with van der Waals surface area (Å²) in [6, 6.07) is -0.418. The van der Waals surface area contributed by atoms with Gasteiger partial charge < -0.3 is 10.6 Å². The van der Waals surface area contributed by atoms with Crippen LogP contribution in [0, 0.1) is 0 Å². The molecular formula is C5H15N5O. The van der Waals surface area contributed by atoms with Crippen LogP contribution in [0.3, 0.4) is 0 Å². The highest BCUT2D eigenvalue weighted by atomic mass is 16.2. The maximum atomic E-state index is 10.9. The van der Waals surface area contributed by atoms with E-state index in [-0.39, 0.29) is 0 Å². The molecule has 0 aliphatic rings. The van der Waals surface area contributed by atoms with E-state index in [1.165, 1.54) is 4.90 Å². The average molecular weight is 161 g/mol. The first-order valence-corrected chi connectivity index (χ1v) is 3.34. The predicted molar refractivity (Wildman–Crippen MR) is 41.9 cm³/mol. The fraction of sp³-hybridized carbons (Fsp3) is 0.800. The summed E-state index contributed by atoms with van der Waals surface area (Å²) in [5.74, 6) is 9.99. The third-order valence-corrected chi connectivity index (χ3v) is 1.25. The third kappa shape index (κ3) is 3.76. The quantitative estimate of drug-likeness (QED) is 0.264. The van der Waals surface area contributed by atoms with Crippen molar-refractivity contribution in [3.8, 4) is 0 Å². The molecule has 0 heterocycles. The Balaban J connectivity index is 3.64. The number of nitrogens with zero attached hydrogens (tertiary/aromatic N) is 2. The first-order chi connectivity index (χ1) is 5.09. The Hall–Kier alpha value is -0.850. The number of urea groups is 1. The van der Waals surface area contributed by atoms with Gasteiger partial charge in [-0.05, 0) is 13.0 Å². The zero-order valence-electron chi connectivity index (χ0n) is 6.66. The normalized spacial score (nSPS) is 9.45. The molecule has 2 amide bonds. The van der Waals surface area contributed by atoms with Crippen LogP contribution in [0.4, 0.5) is 4.79 Å². The van der Waals surface area contributed by atoms with Gasteiger partial charge in [-0.1, -0.05) is 0 Å². The zero-order valence-corrected chi connectivity index (χ0v) is 6.66. The molecule has 0 radical (unpaired) electrons. The highest BCUT2D eigenvalue weighted by Crippen LogP contribution is 1.88. The number of hydrogen-bond donors (Lipinski definition) is 3. The van der Waals surface area contributed by atoms with Crippen LogP contribution in [0.15, 0.2) is 0 Å². The standard InChI is InChI=1S/C5H15N5O/c1-9(4-2-3-6)5(11)10(7)8/h2-4,6-8H2,1H3. The molecule has 0 saturated carbocycles.